The molecular formula is C25H23BrN2O3. The number of nitrogens with zero attached hydrogens (tertiary/aromatic N) is 1. The molecule has 0 aromatic heterocycles. The van der Waals surface area contributed by atoms with Crippen molar-refractivity contribution in [3.63, 3.8) is 0 Å². The topological polar surface area (TPSA) is 59.9 Å². The number of halogens is 1. The lowest BCUT2D eigenvalue weighted by Crippen LogP contribution is -2.24. The second-order valence-corrected chi connectivity index (χ2v) is 7.55. The van der Waals surface area contributed by atoms with Gasteiger partial charge in [0.2, 0.25) is 0 Å². The Morgan fingerprint density at radius 3 is 2.58 bits per heavy atom. The Hall–Kier alpha value is -3.38. The van der Waals surface area contributed by atoms with Crippen LogP contribution >= 0.6 is 15.9 Å². The van der Waals surface area contributed by atoms with E-state index in [1.807, 2.05) is 72.8 Å². The van der Waals surface area contributed by atoms with Crippen LogP contribution in [0.25, 0.3) is 0 Å². The van der Waals surface area contributed by atoms with Gasteiger partial charge in [-0.3, -0.25) is 4.79 Å². The highest BCUT2D eigenvalue weighted by Gasteiger charge is 2.06. The number of allylic oxidation sites excluding steroid dienone is 1. The van der Waals surface area contributed by atoms with Gasteiger partial charge in [0.15, 0.2) is 6.61 Å². The molecule has 31 heavy (non-hydrogen) atoms. The minimum atomic E-state index is -0.350. The molecule has 0 atom stereocenters. The van der Waals surface area contributed by atoms with Crippen molar-refractivity contribution in [3.8, 4) is 11.5 Å². The fraction of sp³-hybridized carbons (Fsp3) is 0.120. The van der Waals surface area contributed by atoms with Gasteiger partial charge in [-0.15, -0.1) is 6.58 Å². The molecule has 3 aromatic rings. The van der Waals surface area contributed by atoms with E-state index in [-0.39, 0.29) is 12.5 Å². The molecule has 0 spiro atoms. The van der Waals surface area contributed by atoms with E-state index in [9.17, 15) is 4.79 Å². The number of ether oxygens (including phenoxy) is 2. The van der Waals surface area contributed by atoms with E-state index in [0.29, 0.717) is 24.5 Å². The molecule has 0 fully saturated rings. The van der Waals surface area contributed by atoms with Crippen LogP contribution in [0, 0.1) is 0 Å². The highest BCUT2D eigenvalue weighted by atomic mass is 79.9. The van der Waals surface area contributed by atoms with Crippen LogP contribution < -0.4 is 14.9 Å². The normalized spacial score (nSPS) is 10.6. The van der Waals surface area contributed by atoms with E-state index in [1.165, 1.54) is 0 Å². The number of carbonyl (C=O) groups excluding carboxylic acids is 1. The highest BCUT2D eigenvalue weighted by Crippen LogP contribution is 2.20. The van der Waals surface area contributed by atoms with E-state index in [4.69, 9.17) is 9.47 Å². The van der Waals surface area contributed by atoms with Crippen LogP contribution in [-0.4, -0.2) is 18.7 Å². The van der Waals surface area contributed by atoms with Crippen LogP contribution in [0.4, 0.5) is 0 Å². The van der Waals surface area contributed by atoms with Crippen molar-refractivity contribution < 1.29 is 14.3 Å². The SMILES string of the molecule is C=CCc1ccccc1OCC(=O)N/N=C\c1ccccc1OCc1cccc(Br)c1. The molecule has 0 aliphatic heterocycles. The van der Waals surface area contributed by atoms with Gasteiger partial charge in [-0.2, -0.15) is 5.10 Å². The molecule has 5 nitrogen and oxygen atoms in total. The van der Waals surface area contributed by atoms with Gasteiger partial charge >= 0.3 is 0 Å². The lowest BCUT2D eigenvalue weighted by molar-refractivity contribution is -0.123. The summed E-state index contributed by atoms with van der Waals surface area (Å²) in [6.45, 7) is 4.03. The van der Waals surface area contributed by atoms with E-state index in [2.05, 4.69) is 33.0 Å². The van der Waals surface area contributed by atoms with Crippen LogP contribution in [0.2, 0.25) is 0 Å². The quantitative estimate of drug-likeness (QED) is 0.244. The number of nitrogens with one attached hydrogen (secondary N) is 1. The summed E-state index contributed by atoms with van der Waals surface area (Å²) in [5, 5.41) is 4.03. The summed E-state index contributed by atoms with van der Waals surface area (Å²) in [6, 6.07) is 23.0. The monoisotopic (exact) mass is 478 g/mol. The molecule has 1 amide bonds. The maximum atomic E-state index is 12.1. The zero-order valence-corrected chi connectivity index (χ0v) is 18.5. The van der Waals surface area contributed by atoms with Crippen molar-refractivity contribution >= 4 is 28.1 Å². The average Bonchev–Trinajstić information content (AvgIpc) is 2.78. The Bertz CT molecular complexity index is 1070. The number of carbonyl (C=O) groups is 1. The third-order valence-electron chi connectivity index (χ3n) is 4.29. The Morgan fingerprint density at radius 2 is 1.77 bits per heavy atom. The van der Waals surface area contributed by atoms with Crippen molar-refractivity contribution in [3.05, 3.63) is 107 Å². The number of amides is 1. The lowest BCUT2D eigenvalue weighted by atomic mass is 10.1. The Labute approximate surface area is 190 Å². The van der Waals surface area contributed by atoms with E-state index in [0.717, 1.165) is 21.2 Å². The Kier molecular flexibility index (Phi) is 8.43. The van der Waals surface area contributed by atoms with Crippen molar-refractivity contribution in [2.45, 2.75) is 13.0 Å². The van der Waals surface area contributed by atoms with Crippen LogP contribution in [0.15, 0.2) is 95.0 Å². The first kappa shape index (κ1) is 22.3. The molecule has 3 rings (SSSR count). The van der Waals surface area contributed by atoms with Crippen molar-refractivity contribution in [1.82, 2.24) is 5.43 Å². The summed E-state index contributed by atoms with van der Waals surface area (Å²) in [7, 11) is 0. The van der Waals surface area contributed by atoms with Gasteiger partial charge in [0.05, 0.1) is 6.21 Å². The maximum absolute atomic E-state index is 12.1. The first-order valence-electron chi connectivity index (χ1n) is 9.75. The number of rotatable bonds is 10. The third kappa shape index (κ3) is 7.12. The van der Waals surface area contributed by atoms with Crippen molar-refractivity contribution in [2.75, 3.05) is 6.61 Å². The number of hydrazone groups is 1. The fourth-order valence-electron chi connectivity index (χ4n) is 2.82. The van der Waals surface area contributed by atoms with Gasteiger partial charge < -0.3 is 9.47 Å². The molecule has 3 aromatic carbocycles. The highest BCUT2D eigenvalue weighted by molar-refractivity contribution is 9.10. The average molecular weight is 479 g/mol. The number of hydrogen-bond acceptors (Lipinski definition) is 4. The summed E-state index contributed by atoms with van der Waals surface area (Å²) in [4.78, 5) is 12.1. The molecule has 0 aliphatic carbocycles. The second kappa shape index (κ2) is 11.7. The van der Waals surface area contributed by atoms with E-state index < -0.39 is 0 Å². The summed E-state index contributed by atoms with van der Waals surface area (Å²) < 4.78 is 12.5. The van der Waals surface area contributed by atoms with Gasteiger partial charge in [0.25, 0.3) is 5.91 Å². The predicted octanol–water partition coefficient (Wildman–Crippen LogP) is 5.29. The zero-order valence-electron chi connectivity index (χ0n) is 17.0. The summed E-state index contributed by atoms with van der Waals surface area (Å²) in [5.74, 6) is 0.986. The minimum Gasteiger partial charge on any atom is -0.488 e. The number of hydrogen-bond donors (Lipinski definition) is 1. The summed E-state index contributed by atoms with van der Waals surface area (Å²) in [5.41, 5.74) is 5.27. The molecule has 0 unspecified atom stereocenters. The molecule has 6 heteroatoms. The second-order valence-electron chi connectivity index (χ2n) is 6.64. The van der Waals surface area contributed by atoms with Gasteiger partial charge in [0, 0.05) is 10.0 Å². The lowest BCUT2D eigenvalue weighted by Gasteiger charge is -2.10. The molecule has 0 radical (unpaired) electrons. The van der Waals surface area contributed by atoms with Crippen LogP contribution in [0.5, 0.6) is 11.5 Å². The van der Waals surface area contributed by atoms with Gasteiger partial charge in [0.1, 0.15) is 18.1 Å². The van der Waals surface area contributed by atoms with Crippen molar-refractivity contribution in [1.29, 1.82) is 0 Å². The number of para-hydroxylation sites is 2. The molecule has 0 bridgehead atoms. The third-order valence-corrected chi connectivity index (χ3v) is 4.78. The molecule has 0 heterocycles. The molecular weight excluding hydrogens is 456 g/mol. The molecule has 158 valence electrons. The predicted molar refractivity (Wildman–Crippen MR) is 126 cm³/mol. The Balaban J connectivity index is 1.54. The largest absolute Gasteiger partial charge is 0.488 e. The smallest absolute Gasteiger partial charge is 0.277 e. The van der Waals surface area contributed by atoms with Gasteiger partial charge in [-0.25, -0.2) is 5.43 Å². The standard InChI is InChI=1S/C25H23BrN2O3/c1-2-8-20-10-3-5-13-23(20)31-18-25(29)28-27-16-21-11-4-6-14-24(21)30-17-19-9-7-12-22(26)15-19/h2-7,9-16H,1,8,17-18H2,(H,28,29)/b27-16-. The Morgan fingerprint density at radius 1 is 1.00 bits per heavy atom. The molecule has 0 saturated heterocycles. The first-order valence-corrected chi connectivity index (χ1v) is 10.5. The van der Waals surface area contributed by atoms with E-state index in [1.54, 1.807) is 12.3 Å². The molecule has 0 aliphatic rings. The first-order chi connectivity index (χ1) is 15.2. The van der Waals surface area contributed by atoms with E-state index >= 15 is 0 Å². The van der Waals surface area contributed by atoms with Gasteiger partial charge in [-0.1, -0.05) is 64.5 Å². The zero-order chi connectivity index (χ0) is 21.9. The maximum Gasteiger partial charge on any atom is 0.277 e. The minimum absolute atomic E-state index is 0.132. The summed E-state index contributed by atoms with van der Waals surface area (Å²) >= 11 is 3.46. The van der Waals surface area contributed by atoms with Crippen LogP contribution in [0.3, 0.4) is 0 Å². The van der Waals surface area contributed by atoms with Crippen LogP contribution in [0.1, 0.15) is 16.7 Å². The summed E-state index contributed by atoms with van der Waals surface area (Å²) in [6.07, 6.45) is 4.02. The van der Waals surface area contributed by atoms with Crippen LogP contribution in [-0.2, 0) is 17.8 Å². The number of benzene rings is 3. The fourth-order valence-corrected chi connectivity index (χ4v) is 3.27. The molecule has 0 saturated carbocycles. The van der Waals surface area contributed by atoms with Crippen molar-refractivity contribution in [2.24, 2.45) is 5.10 Å². The molecule has 1 N–H and O–H groups in total. The van der Waals surface area contributed by atoms with Gasteiger partial charge in [-0.05, 0) is 47.9 Å².